The predicted molar refractivity (Wildman–Crippen MR) is 132 cm³/mol. The van der Waals surface area contributed by atoms with Crippen LogP contribution in [0.2, 0.25) is 0 Å². The second-order valence-electron chi connectivity index (χ2n) is 7.64. The van der Waals surface area contributed by atoms with E-state index < -0.39 is 0 Å². The molecular formula is C26H28BrN3O2. The fourth-order valence-corrected chi connectivity index (χ4v) is 3.88. The number of anilines is 1. The number of benzene rings is 3. The number of carbonyl (C=O) groups is 2. The molecule has 0 aliphatic heterocycles. The molecule has 166 valence electrons. The predicted octanol–water partition coefficient (Wildman–Crippen LogP) is 6.31. The minimum atomic E-state index is -0.253. The summed E-state index contributed by atoms with van der Waals surface area (Å²) < 4.78 is 0.801. The van der Waals surface area contributed by atoms with Gasteiger partial charge in [0.2, 0.25) is 5.91 Å². The Labute approximate surface area is 198 Å². The lowest BCUT2D eigenvalue weighted by atomic mass is 10.1. The Kier molecular flexibility index (Phi) is 8.45. The summed E-state index contributed by atoms with van der Waals surface area (Å²) in [5.41, 5.74) is 2.74. The topological polar surface area (TPSA) is 61.4 Å². The summed E-state index contributed by atoms with van der Waals surface area (Å²) in [6.07, 6.45) is 0.206. The lowest BCUT2D eigenvalue weighted by Crippen LogP contribution is -2.40. The van der Waals surface area contributed by atoms with Gasteiger partial charge < -0.3 is 15.5 Å². The van der Waals surface area contributed by atoms with Gasteiger partial charge in [-0.05, 0) is 53.0 Å². The van der Waals surface area contributed by atoms with Crippen LogP contribution in [-0.2, 0) is 4.79 Å². The minimum Gasteiger partial charge on any atom is -0.350 e. The molecule has 2 atom stereocenters. The first-order chi connectivity index (χ1) is 15.5. The zero-order chi connectivity index (χ0) is 22.9. The number of nitrogens with zero attached hydrogens (tertiary/aromatic N) is 1. The Bertz CT molecular complexity index is 1030. The van der Waals surface area contributed by atoms with Crippen molar-refractivity contribution in [2.45, 2.75) is 32.4 Å². The highest BCUT2D eigenvalue weighted by Crippen LogP contribution is 2.25. The lowest BCUT2D eigenvalue weighted by molar-refractivity contribution is -0.122. The van der Waals surface area contributed by atoms with E-state index in [2.05, 4.69) is 26.6 Å². The van der Waals surface area contributed by atoms with E-state index in [-0.39, 0.29) is 30.4 Å². The first-order valence-corrected chi connectivity index (χ1v) is 11.5. The SMILES string of the molecule is CC(NC(=O)CCN(C(=O)Nc1ccccc1Br)C(C)c1ccccc1)c1ccccc1. The normalized spacial score (nSPS) is 12.5. The van der Waals surface area contributed by atoms with Gasteiger partial charge in [0.1, 0.15) is 0 Å². The van der Waals surface area contributed by atoms with Crippen molar-refractivity contribution in [3.8, 4) is 0 Å². The van der Waals surface area contributed by atoms with E-state index in [1.165, 1.54) is 0 Å². The summed E-state index contributed by atoms with van der Waals surface area (Å²) in [7, 11) is 0. The molecule has 5 nitrogen and oxygen atoms in total. The van der Waals surface area contributed by atoms with E-state index in [0.717, 1.165) is 15.6 Å². The fraction of sp³-hybridized carbons (Fsp3) is 0.231. The van der Waals surface area contributed by atoms with Crippen molar-refractivity contribution in [2.24, 2.45) is 0 Å². The molecule has 0 aromatic heterocycles. The Morgan fingerprint density at radius 1 is 0.844 bits per heavy atom. The molecule has 0 radical (unpaired) electrons. The molecular weight excluding hydrogens is 466 g/mol. The number of para-hydroxylation sites is 1. The highest BCUT2D eigenvalue weighted by Gasteiger charge is 2.23. The van der Waals surface area contributed by atoms with Gasteiger partial charge in [0, 0.05) is 17.4 Å². The van der Waals surface area contributed by atoms with Crippen molar-refractivity contribution in [1.29, 1.82) is 0 Å². The number of nitrogens with one attached hydrogen (secondary N) is 2. The molecule has 0 aliphatic rings. The third-order valence-corrected chi connectivity index (χ3v) is 6.07. The molecule has 0 heterocycles. The van der Waals surface area contributed by atoms with E-state index in [4.69, 9.17) is 0 Å². The minimum absolute atomic E-state index is 0.0969. The van der Waals surface area contributed by atoms with Crippen LogP contribution in [0.3, 0.4) is 0 Å². The van der Waals surface area contributed by atoms with E-state index in [1.54, 1.807) is 4.90 Å². The quantitative estimate of drug-likeness (QED) is 0.386. The first kappa shape index (κ1) is 23.5. The molecule has 0 saturated heterocycles. The van der Waals surface area contributed by atoms with Crippen molar-refractivity contribution in [3.63, 3.8) is 0 Å². The Morgan fingerprint density at radius 2 is 1.41 bits per heavy atom. The maximum atomic E-state index is 13.2. The van der Waals surface area contributed by atoms with Crippen molar-refractivity contribution in [1.82, 2.24) is 10.2 Å². The molecule has 0 aliphatic carbocycles. The molecule has 32 heavy (non-hydrogen) atoms. The number of rotatable bonds is 8. The number of carbonyl (C=O) groups excluding carboxylic acids is 2. The second kappa shape index (κ2) is 11.5. The van der Waals surface area contributed by atoms with Crippen LogP contribution >= 0.6 is 15.9 Å². The highest BCUT2D eigenvalue weighted by atomic mass is 79.9. The van der Waals surface area contributed by atoms with Gasteiger partial charge >= 0.3 is 6.03 Å². The summed E-state index contributed by atoms with van der Waals surface area (Å²) >= 11 is 3.47. The van der Waals surface area contributed by atoms with Gasteiger partial charge in [-0.15, -0.1) is 0 Å². The third-order valence-electron chi connectivity index (χ3n) is 5.38. The summed E-state index contributed by atoms with van der Waals surface area (Å²) in [6, 6.07) is 26.6. The van der Waals surface area contributed by atoms with Crippen LogP contribution in [0.15, 0.2) is 89.4 Å². The monoisotopic (exact) mass is 493 g/mol. The van der Waals surface area contributed by atoms with E-state index >= 15 is 0 Å². The maximum Gasteiger partial charge on any atom is 0.322 e. The maximum absolute atomic E-state index is 13.2. The molecule has 6 heteroatoms. The lowest BCUT2D eigenvalue weighted by Gasteiger charge is -2.30. The Morgan fingerprint density at radius 3 is 2.03 bits per heavy atom. The molecule has 0 fully saturated rings. The van der Waals surface area contributed by atoms with Crippen molar-refractivity contribution in [3.05, 3.63) is 101 Å². The van der Waals surface area contributed by atoms with Crippen molar-refractivity contribution >= 4 is 33.6 Å². The molecule has 3 aromatic rings. The Hall–Kier alpha value is -3.12. The zero-order valence-corrected chi connectivity index (χ0v) is 19.9. The standard InChI is InChI=1S/C26H28BrN3O2/c1-19(21-11-5-3-6-12-21)28-25(31)17-18-30(20(2)22-13-7-4-8-14-22)26(32)29-24-16-10-9-15-23(24)27/h3-16,19-20H,17-18H2,1-2H3,(H,28,31)(H,29,32). The van der Waals surface area contributed by atoms with E-state index in [1.807, 2.05) is 98.8 Å². The fourth-order valence-electron chi connectivity index (χ4n) is 3.49. The largest absolute Gasteiger partial charge is 0.350 e. The van der Waals surface area contributed by atoms with Crippen LogP contribution in [0.25, 0.3) is 0 Å². The molecule has 2 N–H and O–H groups in total. The van der Waals surface area contributed by atoms with Crippen LogP contribution in [0, 0.1) is 0 Å². The number of halogens is 1. The average Bonchev–Trinajstić information content (AvgIpc) is 2.81. The number of amides is 3. The number of hydrogen-bond acceptors (Lipinski definition) is 2. The summed E-state index contributed by atoms with van der Waals surface area (Å²) in [4.78, 5) is 27.5. The molecule has 0 spiro atoms. The summed E-state index contributed by atoms with van der Waals surface area (Å²) in [6.45, 7) is 4.22. The molecule has 0 saturated carbocycles. The van der Waals surface area contributed by atoms with Gasteiger partial charge in [-0.3, -0.25) is 4.79 Å². The second-order valence-corrected chi connectivity index (χ2v) is 8.49. The van der Waals surface area contributed by atoms with Crippen LogP contribution in [-0.4, -0.2) is 23.4 Å². The van der Waals surface area contributed by atoms with Crippen LogP contribution < -0.4 is 10.6 Å². The average molecular weight is 494 g/mol. The molecule has 3 amide bonds. The van der Waals surface area contributed by atoms with Gasteiger partial charge in [-0.1, -0.05) is 72.8 Å². The summed E-state index contributed by atoms with van der Waals surface area (Å²) in [5.74, 6) is -0.0969. The van der Waals surface area contributed by atoms with E-state index in [0.29, 0.717) is 12.2 Å². The summed E-state index contributed by atoms with van der Waals surface area (Å²) in [5, 5.41) is 5.98. The molecule has 3 rings (SSSR count). The number of urea groups is 1. The van der Waals surface area contributed by atoms with Crippen LogP contribution in [0.4, 0.5) is 10.5 Å². The van der Waals surface area contributed by atoms with Crippen LogP contribution in [0.1, 0.15) is 43.5 Å². The van der Waals surface area contributed by atoms with Crippen molar-refractivity contribution in [2.75, 3.05) is 11.9 Å². The first-order valence-electron chi connectivity index (χ1n) is 10.7. The Balaban J connectivity index is 1.70. The highest BCUT2D eigenvalue weighted by molar-refractivity contribution is 9.10. The molecule has 0 bridgehead atoms. The van der Waals surface area contributed by atoms with Gasteiger partial charge in [-0.2, -0.15) is 0 Å². The molecule has 2 unspecified atom stereocenters. The van der Waals surface area contributed by atoms with Gasteiger partial charge in [0.15, 0.2) is 0 Å². The third kappa shape index (κ3) is 6.44. The van der Waals surface area contributed by atoms with Gasteiger partial charge in [0.05, 0.1) is 17.8 Å². The number of hydrogen-bond donors (Lipinski definition) is 2. The molecule has 3 aromatic carbocycles. The smallest absolute Gasteiger partial charge is 0.322 e. The van der Waals surface area contributed by atoms with Gasteiger partial charge in [-0.25, -0.2) is 4.79 Å². The van der Waals surface area contributed by atoms with Crippen molar-refractivity contribution < 1.29 is 9.59 Å². The van der Waals surface area contributed by atoms with Gasteiger partial charge in [0.25, 0.3) is 0 Å². The van der Waals surface area contributed by atoms with E-state index in [9.17, 15) is 9.59 Å². The zero-order valence-electron chi connectivity index (χ0n) is 18.3. The van der Waals surface area contributed by atoms with Crippen LogP contribution in [0.5, 0.6) is 0 Å².